The molecule has 0 spiro atoms. The van der Waals surface area contributed by atoms with E-state index in [1.54, 1.807) is 0 Å². The lowest BCUT2D eigenvalue weighted by Crippen LogP contribution is -1.96. The van der Waals surface area contributed by atoms with Gasteiger partial charge in [-0.15, -0.1) is 0 Å². The predicted octanol–water partition coefficient (Wildman–Crippen LogP) is 1.29. The van der Waals surface area contributed by atoms with Gasteiger partial charge in [0.05, 0.1) is 6.61 Å². The fourth-order valence-corrected chi connectivity index (χ4v) is 0.515. The minimum Gasteiger partial charge on any atom is -0.382 e. The highest BCUT2D eigenvalue weighted by Crippen LogP contribution is 1.89. The van der Waals surface area contributed by atoms with E-state index in [1.165, 1.54) is 0 Å². The van der Waals surface area contributed by atoms with Crippen LogP contribution < -0.4 is 0 Å². The third kappa shape index (κ3) is 7.88. The SMILES string of the molecule is CCOCCCCOO. The number of hydrogen-bond donors (Lipinski definition) is 1. The van der Waals surface area contributed by atoms with Crippen LogP contribution in [0.4, 0.5) is 0 Å². The smallest absolute Gasteiger partial charge is 0.0820 e. The topological polar surface area (TPSA) is 38.7 Å². The van der Waals surface area contributed by atoms with E-state index in [9.17, 15) is 0 Å². The summed E-state index contributed by atoms with van der Waals surface area (Å²) in [6.07, 6.45) is 1.81. The van der Waals surface area contributed by atoms with Gasteiger partial charge in [0.1, 0.15) is 0 Å². The van der Waals surface area contributed by atoms with Gasteiger partial charge in [-0.3, -0.25) is 5.26 Å². The van der Waals surface area contributed by atoms with E-state index in [0.717, 1.165) is 26.1 Å². The normalized spacial score (nSPS) is 10.0. The molecule has 0 aromatic carbocycles. The Morgan fingerprint density at radius 1 is 1.22 bits per heavy atom. The van der Waals surface area contributed by atoms with Crippen LogP contribution in [0.25, 0.3) is 0 Å². The Bertz CT molecular complexity index is 41.6. The molecule has 0 heterocycles. The first-order chi connectivity index (χ1) is 4.41. The van der Waals surface area contributed by atoms with Crippen molar-refractivity contribution in [1.82, 2.24) is 0 Å². The van der Waals surface area contributed by atoms with E-state index in [1.807, 2.05) is 6.92 Å². The molecule has 0 aromatic heterocycles. The molecule has 0 fully saturated rings. The second-order valence-electron chi connectivity index (χ2n) is 1.74. The molecule has 56 valence electrons. The Kier molecular flexibility index (Phi) is 7.77. The third-order valence-corrected chi connectivity index (χ3v) is 0.978. The van der Waals surface area contributed by atoms with E-state index < -0.39 is 0 Å². The summed E-state index contributed by atoms with van der Waals surface area (Å²) >= 11 is 0. The van der Waals surface area contributed by atoms with Crippen LogP contribution in [0.2, 0.25) is 0 Å². The minimum absolute atomic E-state index is 0.410. The van der Waals surface area contributed by atoms with E-state index in [0.29, 0.717) is 6.61 Å². The maximum atomic E-state index is 7.88. The molecule has 0 aromatic rings. The Labute approximate surface area is 55.5 Å². The standard InChI is InChI=1S/C6H14O3/c1-2-8-5-3-4-6-9-7/h7H,2-6H2,1H3. The quantitative estimate of drug-likeness (QED) is 0.338. The van der Waals surface area contributed by atoms with Crippen molar-refractivity contribution in [3.63, 3.8) is 0 Å². The first kappa shape index (κ1) is 8.88. The maximum absolute atomic E-state index is 7.88. The molecule has 1 N–H and O–H groups in total. The fourth-order valence-electron chi connectivity index (χ4n) is 0.515. The Balaban J connectivity index is 2.60. The summed E-state index contributed by atoms with van der Waals surface area (Å²) in [4.78, 5) is 3.87. The molecule has 3 nitrogen and oxygen atoms in total. The van der Waals surface area contributed by atoms with Crippen molar-refractivity contribution >= 4 is 0 Å². The molecule has 0 saturated heterocycles. The van der Waals surface area contributed by atoms with Gasteiger partial charge < -0.3 is 4.74 Å². The van der Waals surface area contributed by atoms with Crippen LogP contribution in [0.3, 0.4) is 0 Å². The average Bonchev–Trinajstić information content (AvgIpc) is 1.89. The van der Waals surface area contributed by atoms with Crippen molar-refractivity contribution in [2.45, 2.75) is 19.8 Å². The van der Waals surface area contributed by atoms with Crippen LogP contribution in [0.1, 0.15) is 19.8 Å². The van der Waals surface area contributed by atoms with Crippen molar-refractivity contribution in [1.29, 1.82) is 0 Å². The zero-order valence-corrected chi connectivity index (χ0v) is 5.80. The molecule has 0 atom stereocenters. The Hall–Kier alpha value is -0.120. The average molecular weight is 134 g/mol. The van der Waals surface area contributed by atoms with Gasteiger partial charge in [0.25, 0.3) is 0 Å². The lowest BCUT2D eigenvalue weighted by atomic mass is 10.3. The largest absolute Gasteiger partial charge is 0.382 e. The van der Waals surface area contributed by atoms with Crippen molar-refractivity contribution < 1.29 is 14.9 Å². The first-order valence-corrected chi connectivity index (χ1v) is 3.26. The van der Waals surface area contributed by atoms with Gasteiger partial charge in [0.2, 0.25) is 0 Å². The van der Waals surface area contributed by atoms with Crippen LogP contribution in [0, 0.1) is 0 Å². The summed E-state index contributed by atoms with van der Waals surface area (Å²) in [7, 11) is 0. The highest BCUT2D eigenvalue weighted by Gasteiger charge is 1.86. The summed E-state index contributed by atoms with van der Waals surface area (Å²) in [5.74, 6) is 0. The van der Waals surface area contributed by atoms with Crippen molar-refractivity contribution in [3.8, 4) is 0 Å². The zero-order valence-electron chi connectivity index (χ0n) is 5.80. The summed E-state index contributed by atoms with van der Waals surface area (Å²) in [5.41, 5.74) is 0. The van der Waals surface area contributed by atoms with Crippen molar-refractivity contribution in [2.24, 2.45) is 0 Å². The Morgan fingerprint density at radius 2 is 1.89 bits per heavy atom. The van der Waals surface area contributed by atoms with Gasteiger partial charge in [0.15, 0.2) is 0 Å². The monoisotopic (exact) mass is 134 g/mol. The van der Waals surface area contributed by atoms with Crippen LogP contribution in [-0.4, -0.2) is 25.1 Å². The number of unbranched alkanes of at least 4 members (excludes halogenated alkanes) is 1. The van der Waals surface area contributed by atoms with E-state index in [4.69, 9.17) is 9.99 Å². The van der Waals surface area contributed by atoms with Gasteiger partial charge in [0, 0.05) is 13.2 Å². The van der Waals surface area contributed by atoms with Crippen molar-refractivity contribution in [3.05, 3.63) is 0 Å². The molecule has 3 heteroatoms. The van der Waals surface area contributed by atoms with Crippen LogP contribution in [0.15, 0.2) is 0 Å². The summed E-state index contributed by atoms with van der Waals surface area (Å²) in [6, 6.07) is 0. The first-order valence-electron chi connectivity index (χ1n) is 3.26. The van der Waals surface area contributed by atoms with E-state index in [2.05, 4.69) is 4.89 Å². The highest BCUT2D eigenvalue weighted by molar-refractivity contribution is 4.34. The molecular weight excluding hydrogens is 120 g/mol. The maximum Gasteiger partial charge on any atom is 0.0820 e. The van der Waals surface area contributed by atoms with Crippen LogP contribution in [0.5, 0.6) is 0 Å². The molecule has 0 unspecified atom stereocenters. The van der Waals surface area contributed by atoms with Crippen molar-refractivity contribution in [2.75, 3.05) is 19.8 Å². The van der Waals surface area contributed by atoms with Crippen LogP contribution in [-0.2, 0) is 9.62 Å². The Morgan fingerprint density at radius 3 is 2.44 bits per heavy atom. The van der Waals surface area contributed by atoms with Gasteiger partial charge in [-0.25, -0.2) is 4.89 Å². The molecule has 0 radical (unpaired) electrons. The number of hydrogen-bond acceptors (Lipinski definition) is 3. The summed E-state index contributed by atoms with van der Waals surface area (Å²) < 4.78 is 5.04. The zero-order chi connectivity index (χ0) is 6.95. The molecule has 0 aliphatic heterocycles. The molecule has 0 saturated carbocycles. The molecule has 0 rings (SSSR count). The van der Waals surface area contributed by atoms with E-state index >= 15 is 0 Å². The third-order valence-electron chi connectivity index (χ3n) is 0.978. The minimum atomic E-state index is 0.410. The molecule has 0 aliphatic rings. The fraction of sp³-hybridized carbons (Fsp3) is 1.00. The number of rotatable bonds is 6. The van der Waals surface area contributed by atoms with Gasteiger partial charge in [-0.2, -0.15) is 0 Å². The van der Waals surface area contributed by atoms with Gasteiger partial charge in [-0.05, 0) is 19.8 Å². The van der Waals surface area contributed by atoms with Gasteiger partial charge in [-0.1, -0.05) is 0 Å². The lowest BCUT2D eigenvalue weighted by molar-refractivity contribution is -0.243. The molecule has 0 amide bonds. The molecular formula is C6H14O3. The lowest BCUT2D eigenvalue weighted by Gasteiger charge is -1.98. The van der Waals surface area contributed by atoms with Gasteiger partial charge >= 0.3 is 0 Å². The second kappa shape index (κ2) is 7.88. The summed E-state index contributed by atoms with van der Waals surface area (Å²) in [5, 5.41) is 7.88. The predicted molar refractivity (Wildman–Crippen MR) is 34.3 cm³/mol. The van der Waals surface area contributed by atoms with Crippen LogP contribution >= 0.6 is 0 Å². The second-order valence-corrected chi connectivity index (χ2v) is 1.74. The summed E-state index contributed by atoms with van der Waals surface area (Å²) in [6.45, 7) is 3.90. The molecule has 0 aliphatic carbocycles. The molecule has 9 heavy (non-hydrogen) atoms. The van der Waals surface area contributed by atoms with E-state index in [-0.39, 0.29) is 0 Å². The highest BCUT2D eigenvalue weighted by atomic mass is 17.1. The molecule has 0 bridgehead atoms. The number of ether oxygens (including phenoxy) is 1.